The Morgan fingerprint density at radius 2 is 1.85 bits per heavy atom. The van der Waals surface area contributed by atoms with E-state index < -0.39 is 42.4 Å². The predicted octanol–water partition coefficient (Wildman–Crippen LogP) is 1.60. The lowest BCUT2D eigenvalue weighted by Gasteiger charge is -2.14. The van der Waals surface area contributed by atoms with Crippen LogP contribution in [-0.2, 0) is 14.6 Å². The van der Waals surface area contributed by atoms with Gasteiger partial charge >= 0.3 is 5.97 Å². The van der Waals surface area contributed by atoms with Crippen LogP contribution in [0.5, 0.6) is 0 Å². The van der Waals surface area contributed by atoms with Crippen molar-refractivity contribution in [1.82, 2.24) is 5.32 Å². The van der Waals surface area contributed by atoms with Gasteiger partial charge in [0, 0.05) is 12.1 Å². The van der Waals surface area contributed by atoms with Gasteiger partial charge in [-0.15, -0.1) is 0 Å². The zero-order valence-corrected chi connectivity index (χ0v) is 12.8. The standard InChI is InChI=1S/C11H11Cl2NO5S/c1-5(10(15)14-2)20(18,19)8-4-6(12)3-7(9(8)13)11(16)17/h3-5H,1-2H3,(H,14,15)(H,16,17). The van der Waals surface area contributed by atoms with E-state index in [2.05, 4.69) is 5.32 Å². The van der Waals surface area contributed by atoms with Crippen LogP contribution in [0.3, 0.4) is 0 Å². The van der Waals surface area contributed by atoms with Crippen LogP contribution >= 0.6 is 23.2 Å². The van der Waals surface area contributed by atoms with Gasteiger partial charge in [-0.25, -0.2) is 13.2 Å². The van der Waals surface area contributed by atoms with Crippen LogP contribution in [0.4, 0.5) is 0 Å². The fraction of sp³-hybridized carbons (Fsp3) is 0.273. The zero-order chi connectivity index (χ0) is 15.7. The third-order valence-electron chi connectivity index (χ3n) is 2.62. The second-order valence-corrected chi connectivity index (χ2v) is 6.92. The van der Waals surface area contributed by atoms with Gasteiger partial charge < -0.3 is 10.4 Å². The number of rotatable bonds is 4. The molecule has 0 saturated carbocycles. The number of carbonyl (C=O) groups excluding carboxylic acids is 1. The lowest BCUT2D eigenvalue weighted by atomic mass is 10.2. The first-order valence-electron chi connectivity index (χ1n) is 5.30. The Morgan fingerprint density at radius 1 is 1.30 bits per heavy atom. The van der Waals surface area contributed by atoms with Crippen molar-refractivity contribution >= 4 is 44.9 Å². The quantitative estimate of drug-likeness (QED) is 0.867. The number of nitrogens with one attached hydrogen (secondary N) is 1. The van der Waals surface area contributed by atoms with Crippen molar-refractivity contribution in [2.45, 2.75) is 17.1 Å². The van der Waals surface area contributed by atoms with Gasteiger partial charge in [0.25, 0.3) is 0 Å². The lowest BCUT2D eigenvalue weighted by Crippen LogP contribution is -2.36. The molecule has 0 bridgehead atoms. The molecule has 2 N–H and O–H groups in total. The Kier molecular flexibility index (Phi) is 5.01. The summed E-state index contributed by atoms with van der Waals surface area (Å²) >= 11 is 11.5. The Hall–Kier alpha value is -1.31. The maximum Gasteiger partial charge on any atom is 0.337 e. The summed E-state index contributed by atoms with van der Waals surface area (Å²) in [5.74, 6) is -2.15. The second-order valence-electron chi connectivity index (χ2n) is 3.87. The van der Waals surface area contributed by atoms with Crippen LogP contribution in [-0.4, -0.2) is 37.7 Å². The summed E-state index contributed by atoms with van der Waals surface area (Å²) in [5.41, 5.74) is -0.443. The van der Waals surface area contributed by atoms with Crippen molar-refractivity contribution in [2.24, 2.45) is 0 Å². The van der Waals surface area contributed by atoms with Crippen molar-refractivity contribution in [3.05, 3.63) is 27.7 Å². The summed E-state index contributed by atoms with van der Waals surface area (Å²) in [5, 5.41) is 9.16. The Balaban J connectivity index is 3.54. The van der Waals surface area contributed by atoms with Crippen molar-refractivity contribution < 1.29 is 23.1 Å². The maximum absolute atomic E-state index is 12.3. The minimum Gasteiger partial charge on any atom is -0.478 e. The lowest BCUT2D eigenvalue weighted by molar-refractivity contribution is -0.119. The van der Waals surface area contributed by atoms with E-state index in [0.717, 1.165) is 12.1 Å². The second kappa shape index (κ2) is 5.99. The first kappa shape index (κ1) is 16.7. The number of carboxylic acids is 1. The van der Waals surface area contributed by atoms with Crippen LogP contribution in [0.15, 0.2) is 17.0 Å². The molecule has 0 aromatic heterocycles. The number of hydrogen-bond acceptors (Lipinski definition) is 4. The highest BCUT2D eigenvalue weighted by molar-refractivity contribution is 7.93. The van der Waals surface area contributed by atoms with E-state index in [1.807, 2.05) is 0 Å². The highest BCUT2D eigenvalue weighted by Gasteiger charge is 2.32. The van der Waals surface area contributed by atoms with Crippen molar-refractivity contribution in [3.8, 4) is 0 Å². The average molecular weight is 340 g/mol. The molecule has 1 amide bonds. The van der Waals surface area contributed by atoms with Gasteiger partial charge in [-0.05, 0) is 19.1 Å². The van der Waals surface area contributed by atoms with Crippen molar-refractivity contribution in [1.29, 1.82) is 0 Å². The molecule has 9 heteroatoms. The minimum atomic E-state index is -4.15. The van der Waals surface area contributed by atoms with Crippen LogP contribution in [0, 0.1) is 0 Å². The molecule has 0 heterocycles. The minimum absolute atomic E-state index is 0.102. The fourth-order valence-electron chi connectivity index (χ4n) is 1.46. The van der Waals surface area contributed by atoms with E-state index in [1.165, 1.54) is 14.0 Å². The molecule has 1 atom stereocenters. The largest absolute Gasteiger partial charge is 0.478 e. The molecule has 6 nitrogen and oxygen atoms in total. The molecule has 20 heavy (non-hydrogen) atoms. The molecular weight excluding hydrogens is 329 g/mol. The Labute approximate surface area is 125 Å². The summed E-state index contributed by atoms with van der Waals surface area (Å²) in [6, 6.07) is 2.06. The van der Waals surface area contributed by atoms with Crippen LogP contribution in [0.1, 0.15) is 17.3 Å². The molecule has 1 rings (SSSR count). The molecule has 0 fully saturated rings. The highest BCUT2D eigenvalue weighted by atomic mass is 35.5. The fourth-order valence-corrected chi connectivity index (χ4v) is 3.69. The van der Waals surface area contributed by atoms with E-state index in [1.54, 1.807) is 0 Å². The zero-order valence-electron chi connectivity index (χ0n) is 10.5. The Morgan fingerprint density at radius 3 is 2.30 bits per heavy atom. The Bertz CT molecular complexity index is 672. The first-order chi connectivity index (χ1) is 9.12. The molecule has 1 aromatic carbocycles. The van der Waals surface area contributed by atoms with E-state index in [4.69, 9.17) is 28.3 Å². The predicted molar refractivity (Wildman–Crippen MR) is 74.1 cm³/mol. The van der Waals surface area contributed by atoms with Gasteiger partial charge in [-0.3, -0.25) is 4.79 Å². The number of halogens is 2. The van der Waals surface area contributed by atoms with Gasteiger partial charge in [0.2, 0.25) is 5.91 Å². The molecule has 0 radical (unpaired) electrons. The number of benzene rings is 1. The molecule has 0 saturated heterocycles. The van der Waals surface area contributed by atoms with Gasteiger partial charge in [0.15, 0.2) is 9.84 Å². The topological polar surface area (TPSA) is 101 Å². The normalized spacial score (nSPS) is 12.8. The number of amides is 1. The van der Waals surface area contributed by atoms with Crippen molar-refractivity contribution in [3.63, 3.8) is 0 Å². The first-order valence-corrected chi connectivity index (χ1v) is 7.61. The average Bonchev–Trinajstić information content (AvgIpc) is 2.38. The molecule has 1 aromatic rings. The van der Waals surface area contributed by atoms with Crippen LogP contribution < -0.4 is 5.32 Å². The van der Waals surface area contributed by atoms with Crippen LogP contribution in [0.25, 0.3) is 0 Å². The van der Waals surface area contributed by atoms with Gasteiger partial charge in [-0.1, -0.05) is 23.2 Å². The summed E-state index contributed by atoms with van der Waals surface area (Å²) in [4.78, 5) is 22.0. The SMILES string of the molecule is CNC(=O)C(C)S(=O)(=O)c1cc(Cl)cc(C(=O)O)c1Cl. The summed E-state index contributed by atoms with van der Waals surface area (Å²) < 4.78 is 24.6. The third kappa shape index (κ3) is 3.05. The number of aromatic carboxylic acids is 1. The van der Waals surface area contributed by atoms with Gasteiger partial charge in [0.1, 0.15) is 5.25 Å². The van der Waals surface area contributed by atoms with E-state index in [0.29, 0.717) is 0 Å². The molecule has 110 valence electrons. The molecule has 0 aliphatic heterocycles. The van der Waals surface area contributed by atoms with E-state index in [9.17, 15) is 18.0 Å². The van der Waals surface area contributed by atoms with Gasteiger partial charge in [0.05, 0.1) is 15.5 Å². The number of carboxylic acid groups (broad SMARTS) is 1. The van der Waals surface area contributed by atoms with Gasteiger partial charge in [-0.2, -0.15) is 0 Å². The molecule has 0 aliphatic carbocycles. The third-order valence-corrected chi connectivity index (χ3v) is 5.44. The number of hydrogen-bond donors (Lipinski definition) is 2. The number of carbonyl (C=O) groups is 2. The summed E-state index contributed by atoms with van der Waals surface area (Å²) in [7, 11) is -2.86. The van der Waals surface area contributed by atoms with Crippen molar-refractivity contribution in [2.75, 3.05) is 7.05 Å². The summed E-state index contributed by atoms with van der Waals surface area (Å²) in [6.45, 7) is 1.17. The molecule has 0 spiro atoms. The summed E-state index contributed by atoms with van der Waals surface area (Å²) in [6.07, 6.45) is 0. The highest BCUT2D eigenvalue weighted by Crippen LogP contribution is 2.31. The smallest absolute Gasteiger partial charge is 0.337 e. The molecule has 0 aliphatic rings. The monoisotopic (exact) mass is 339 g/mol. The van der Waals surface area contributed by atoms with E-state index >= 15 is 0 Å². The van der Waals surface area contributed by atoms with E-state index in [-0.39, 0.29) is 5.02 Å². The molecule has 1 unspecified atom stereocenters. The van der Waals surface area contributed by atoms with Crippen LogP contribution in [0.2, 0.25) is 10.0 Å². The number of sulfone groups is 1. The molecular formula is C11H11Cl2NO5S. The maximum atomic E-state index is 12.3.